The van der Waals surface area contributed by atoms with Crippen LogP contribution in [-0.4, -0.2) is 29.2 Å². The lowest BCUT2D eigenvalue weighted by Gasteiger charge is -2.21. The molecule has 1 aromatic rings. The highest BCUT2D eigenvalue weighted by Gasteiger charge is 2.28. The molecule has 0 atom stereocenters. The van der Waals surface area contributed by atoms with Crippen LogP contribution in [0, 0.1) is 17.1 Å². The Morgan fingerprint density at radius 1 is 1.47 bits per heavy atom. The van der Waals surface area contributed by atoms with Gasteiger partial charge in [-0.05, 0) is 31.0 Å². The summed E-state index contributed by atoms with van der Waals surface area (Å²) >= 11 is 0. The number of benzene rings is 1. The van der Waals surface area contributed by atoms with E-state index in [1.807, 2.05) is 6.07 Å². The third-order valence-corrected chi connectivity index (χ3v) is 3.00. The summed E-state index contributed by atoms with van der Waals surface area (Å²) in [5.74, 6) is -0.285. The van der Waals surface area contributed by atoms with Crippen LogP contribution in [-0.2, 0) is 6.54 Å². The second-order valence-corrected chi connectivity index (χ2v) is 4.34. The topological polar surface area (TPSA) is 47.3 Å². The quantitative estimate of drug-likeness (QED) is 0.842. The third-order valence-electron chi connectivity index (χ3n) is 3.00. The van der Waals surface area contributed by atoms with E-state index in [4.69, 9.17) is 10.4 Å². The van der Waals surface area contributed by atoms with Gasteiger partial charge >= 0.3 is 0 Å². The molecule has 2 rings (SSSR count). The monoisotopic (exact) mass is 234 g/mol. The van der Waals surface area contributed by atoms with Crippen molar-refractivity contribution in [2.45, 2.75) is 25.4 Å². The number of halogens is 1. The predicted molar refractivity (Wildman–Crippen MR) is 61.6 cm³/mol. The Morgan fingerprint density at radius 2 is 2.24 bits per heavy atom. The molecule has 0 saturated heterocycles. The normalized spacial score (nSPS) is 14.9. The lowest BCUT2D eigenvalue weighted by molar-refractivity contribution is 0.182. The molecule has 1 aliphatic rings. The van der Waals surface area contributed by atoms with Gasteiger partial charge in [0, 0.05) is 24.7 Å². The first kappa shape index (κ1) is 12.0. The number of rotatable bonds is 5. The van der Waals surface area contributed by atoms with Gasteiger partial charge in [0.25, 0.3) is 0 Å². The molecule has 1 N–H and O–H groups in total. The summed E-state index contributed by atoms with van der Waals surface area (Å²) in [7, 11) is 0. The van der Waals surface area contributed by atoms with E-state index in [9.17, 15) is 4.39 Å². The summed E-state index contributed by atoms with van der Waals surface area (Å²) < 4.78 is 13.6. The fourth-order valence-electron chi connectivity index (χ4n) is 1.94. The van der Waals surface area contributed by atoms with E-state index < -0.39 is 0 Å². The maximum absolute atomic E-state index is 13.6. The predicted octanol–water partition coefficient (Wildman–Crippen LogP) is 1.65. The summed E-state index contributed by atoms with van der Waals surface area (Å²) in [5, 5.41) is 17.8. The van der Waals surface area contributed by atoms with Gasteiger partial charge in [-0.15, -0.1) is 0 Å². The Balaban J connectivity index is 2.13. The number of aliphatic hydroxyl groups is 1. The smallest absolute Gasteiger partial charge is 0.127 e. The Labute approximate surface area is 100 Å². The van der Waals surface area contributed by atoms with Gasteiger partial charge in [0.2, 0.25) is 0 Å². The highest BCUT2D eigenvalue weighted by atomic mass is 19.1. The SMILES string of the molecule is N#Cc1ccc(F)c(CN(CCO)C2CC2)c1. The largest absolute Gasteiger partial charge is 0.395 e. The summed E-state index contributed by atoms with van der Waals surface area (Å²) in [6.45, 7) is 1.10. The average Bonchev–Trinajstić information content (AvgIpc) is 3.15. The van der Waals surface area contributed by atoms with Crippen LogP contribution in [0.5, 0.6) is 0 Å². The average molecular weight is 234 g/mol. The Kier molecular flexibility index (Phi) is 3.72. The molecule has 3 nitrogen and oxygen atoms in total. The van der Waals surface area contributed by atoms with Crippen molar-refractivity contribution in [3.05, 3.63) is 35.1 Å². The highest BCUT2D eigenvalue weighted by Crippen LogP contribution is 2.28. The van der Waals surface area contributed by atoms with Crippen LogP contribution in [0.15, 0.2) is 18.2 Å². The standard InChI is InChI=1S/C13H15FN2O/c14-13-4-1-10(8-15)7-11(13)9-16(5-6-17)12-2-3-12/h1,4,7,12,17H,2-3,5-6,9H2. The van der Waals surface area contributed by atoms with E-state index in [1.54, 1.807) is 6.07 Å². The Hall–Kier alpha value is -1.44. The van der Waals surface area contributed by atoms with Crippen LogP contribution in [0.1, 0.15) is 24.0 Å². The van der Waals surface area contributed by atoms with Crippen LogP contribution in [0.2, 0.25) is 0 Å². The van der Waals surface area contributed by atoms with E-state index in [0.29, 0.717) is 30.3 Å². The second-order valence-electron chi connectivity index (χ2n) is 4.34. The van der Waals surface area contributed by atoms with Crippen molar-refractivity contribution < 1.29 is 9.50 Å². The lowest BCUT2D eigenvalue weighted by atomic mass is 10.1. The van der Waals surface area contributed by atoms with Crippen molar-refractivity contribution in [1.29, 1.82) is 5.26 Å². The van der Waals surface area contributed by atoms with Gasteiger partial charge in [0.15, 0.2) is 0 Å². The van der Waals surface area contributed by atoms with E-state index >= 15 is 0 Å². The molecular formula is C13H15FN2O. The van der Waals surface area contributed by atoms with E-state index in [0.717, 1.165) is 12.8 Å². The first-order chi connectivity index (χ1) is 8.24. The molecule has 0 heterocycles. The van der Waals surface area contributed by atoms with E-state index in [2.05, 4.69) is 4.90 Å². The minimum Gasteiger partial charge on any atom is -0.395 e. The number of hydrogen-bond donors (Lipinski definition) is 1. The molecule has 0 radical (unpaired) electrons. The molecule has 1 saturated carbocycles. The zero-order valence-corrected chi connectivity index (χ0v) is 9.56. The zero-order valence-electron chi connectivity index (χ0n) is 9.56. The maximum Gasteiger partial charge on any atom is 0.127 e. The molecule has 90 valence electrons. The molecule has 0 unspecified atom stereocenters. The molecule has 17 heavy (non-hydrogen) atoms. The number of aliphatic hydroxyl groups excluding tert-OH is 1. The van der Waals surface area contributed by atoms with Crippen LogP contribution < -0.4 is 0 Å². The minimum atomic E-state index is -0.285. The van der Waals surface area contributed by atoms with Gasteiger partial charge in [-0.2, -0.15) is 5.26 Å². The van der Waals surface area contributed by atoms with E-state index in [1.165, 1.54) is 12.1 Å². The number of hydrogen-bond acceptors (Lipinski definition) is 3. The van der Waals surface area contributed by atoms with Crippen molar-refractivity contribution in [2.75, 3.05) is 13.2 Å². The molecule has 0 bridgehead atoms. The molecule has 0 aromatic heterocycles. The molecule has 1 aromatic carbocycles. The summed E-state index contributed by atoms with van der Waals surface area (Å²) in [5.41, 5.74) is 1.01. The van der Waals surface area contributed by atoms with Crippen LogP contribution in [0.3, 0.4) is 0 Å². The Bertz CT molecular complexity index is 438. The molecule has 1 fully saturated rings. The van der Waals surface area contributed by atoms with Crippen molar-refractivity contribution >= 4 is 0 Å². The van der Waals surface area contributed by atoms with E-state index in [-0.39, 0.29) is 12.4 Å². The minimum absolute atomic E-state index is 0.0794. The van der Waals surface area contributed by atoms with Gasteiger partial charge in [-0.25, -0.2) is 4.39 Å². The highest BCUT2D eigenvalue weighted by molar-refractivity contribution is 5.33. The molecule has 1 aliphatic carbocycles. The maximum atomic E-state index is 13.6. The van der Waals surface area contributed by atoms with Crippen molar-refractivity contribution in [1.82, 2.24) is 4.90 Å². The van der Waals surface area contributed by atoms with Gasteiger partial charge < -0.3 is 5.11 Å². The number of nitrogens with zero attached hydrogens (tertiary/aromatic N) is 2. The summed E-state index contributed by atoms with van der Waals surface area (Å²) in [4.78, 5) is 2.07. The molecule has 0 spiro atoms. The van der Waals surface area contributed by atoms with Gasteiger partial charge in [0.1, 0.15) is 5.82 Å². The fourth-order valence-corrected chi connectivity index (χ4v) is 1.94. The Morgan fingerprint density at radius 3 is 2.82 bits per heavy atom. The first-order valence-electron chi connectivity index (χ1n) is 5.78. The lowest BCUT2D eigenvalue weighted by Crippen LogP contribution is -2.29. The number of nitriles is 1. The molecule has 0 aliphatic heterocycles. The summed E-state index contributed by atoms with van der Waals surface area (Å²) in [6.07, 6.45) is 2.22. The van der Waals surface area contributed by atoms with Gasteiger partial charge in [0.05, 0.1) is 18.2 Å². The van der Waals surface area contributed by atoms with Crippen LogP contribution >= 0.6 is 0 Å². The summed E-state index contributed by atoms with van der Waals surface area (Å²) in [6, 6.07) is 6.87. The second kappa shape index (κ2) is 5.26. The first-order valence-corrected chi connectivity index (χ1v) is 5.78. The van der Waals surface area contributed by atoms with Gasteiger partial charge in [-0.1, -0.05) is 0 Å². The van der Waals surface area contributed by atoms with Crippen molar-refractivity contribution in [2.24, 2.45) is 0 Å². The third kappa shape index (κ3) is 3.02. The molecule has 4 heteroatoms. The van der Waals surface area contributed by atoms with Crippen molar-refractivity contribution in [3.8, 4) is 6.07 Å². The fraction of sp³-hybridized carbons (Fsp3) is 0.462. The van der Waals surface area contributed by atoms with Crippen LogP contribution in [0.25, 0.3) is 0 Å². The van der Waals surface area contributed by atoms with Gasteiger partial charge in [-0.3, -0.25) is 4.90 Å². The molecular weight excluding hydrogens is 219 g/mol. The molecule has 0 amide bonds. The van der Waals surface area contributed by atoms with Crippen LogP contribution in [0.4, 0.5) is 4.39 Å². The van der Waals surface area contributed by atoms with Crippen molar-refractivity contribution in [3.63, 3.8) is 0 Å². The zero-order chi connectivity index (χ0) is 12.3.